The number of ketones is 1. The van der Waals surface area contributed by atoms with Gasteiger partial charge in [-0.1, -0.05) is 27.4 Å². The highest BCUT2D eigenvalue weighted by Crippen LogP contribution is 2.24. The number of nitrogens with zero attached hydrogens (tertiary/aromatic N) is 2. The molecule has 0 amide bonds. The Bertz CT molecular complexity index is 369. The summed E-state index contributed by atoms with van der Waals surface area (Å²) in [6.07, 6.45) is 3.07. The van der Waals surface area contributed by atoms with Crippen LogP contribution in [0.15, 0.2) is 18.9 Å². The molecule has 1 aromatic rings. The summed E-state index contributed by atoms with van der Waals surface area (Å²) in [5.74, 6) is -0.0666. The van der Waals surface area contributed by atoms with Crippen LogP contribution in [0.2, 0.25) is 0 Å². The number of aromatic nitrogens is 2. The van der Waals surface area contributed by atoms with Crippen LogP contribution in [0, 0.1) is 0 Å². The highest BCUT2D eigenvalue weighted by molar-refractivity contribution is 6.05. The molecule has 0 fully saturated rings. The minimum Gasteiger partial charge on any atom is -0.289 e. The lowest BCUT2D eigenvalue weighted by Gasteiger charge is -2.16. The average Bonchev–Trinajstić information content (AvgIpc) is 2.45. The van der Waals surface area contributed by atoms with Crippen molar-refractivity contribution in [2.45, 2.75) is 26.2 Å². The molecule has 0 aliphatic rings. The Morgan fingerprint density at radius 2 is 2.14 bits per heavy atom. The molecule has 1 heterocycles. The zero-order valence-electron chi connectivity index (χ0n) is 9.16. The SMILES string of the molecule is C=CC(=O)c1cn(C)nc1C(C)(C)C. The summed E-state index contributed by atoms with van der Waals surface area (Å²) in [6, 6.07) is 0. The van der Waals surface area contributed by atoms with Crippen LogP contribution in [0.5, 0.6) is 0 Å². The van der Waals surface area contributed by atoms with Crippen molar-refractivity contribution in [2.75, 3.05) is 0 Å². The quantitative estimate of drug-likeness (QED) is 0.531. The molecular weight excluding hydrogens is 176 g/mol. The van der Waals surface area contributed by atoms with Crippen molar-refractivity contribution >= 4 is 5.78 Å². The van der Waals surface area contributed by atoms with E-state index >= 15 is 0 Å². The van der Waals surface area contributed by atoms with E-state index < -0.39 is 0 Å². The molecule has 14 heavy (non-hydrogen) atoms. The third-order valence-electron chi connectivity index (χ3n) is 1.99. The van der Waals surface area contributed by atoms with E-state index in [2.05, 4.69) is 11.7 Å². The van der Waals surface area contributed by atoms with Crippen LogP contribution in [0.4, 0.5) is 0 Å². The molecule has 0 N–H and O–H groups in total. The van der Waals surface area contributed by atoms with Crippen LogP contribution in [0.25, 0.3) is 0 Å². The van der Waals surface area contributed by atoms with Gasteiger partial charge < -0.3 is 0 Å². The molecule has 0 saturated heterocycles. The standard InChI is InChI=1S/C11H16N2O/c1-6-9(14)8-7-13(5)12-10(8)11(2,3)4/h6-7H,1H2,2-5H3. The minimum absolute atomic E-state index is 0.0666. The van der Waals surface area contributed by atoms with E-state index in [1.54, 1.807) is 10.9 Å². The number of hydrogen-bond acceptors (Lipinski definition) is 2. The van der Waals surface area contributed by atoms with E-state index in [1.165, 1.54) is 6.08 Å². The van der Waals surface area contributed by atoms with Gasteiger partial charge in [0.15, 0.2) is 5.78 Å². The summed E-state index contributed by atoms with van der Waals surface area (Å²) in [5, 5.41) is 4.30. The summed E-state index contributed by atoms with van der Waals surface area (Å²) in [7, 11) is 1.81. The largest absolute Gasteiger partial charge is 0.289 e. The van der Waals surface area contributed by atoms with Gasteiger partial charge in [0.2, 0.25) is 0 Å². The summed E-state index contributed by atoms with van der Waals surface area (Å²) < 4.78 is 1.66. The van der Waals surface area contributed by atoms with Crippen LogP contribution >= 0.6 is 0 Å². The van der Waals surface area contributed by atoms with Crippen molar-refractivity contribution in [2.24, 2.45) is 7.05 Å². The second-order valence-electron chi connectivity index (χ2n) is 4.38. The molecule has 0 bridgehead atoms. The van der Waals surface area contributed by atoms with Crippen molar-refractivity contribution in [1.29, 1.82) is 0 Å². The van der Waals surface area contributed by atoms with Gasteiger partial charge in [-0.15, -0.1) is 0 Å². The van der Waals surface area contributed by atoms with Crippen LogP contribution in [-0.4, -0.2) is 15.6 Å². The first-order valence-electron chi connectivity index (χ1n) is 4.57. The Morgan fingerprint density at radius 1 is 1.57 bits per heavy atom. The fraction of sp³-hybridized carbons (Fsp3) is 0.455. The van der Waals surface area contributed by atoms with Gasteiger partial charge >= 0.3 is 0 Å². The molecule has 3 nitrogen and oxygen atoms in total. The van der Waals surface area contributed by atoms with Crippen molar-refractivity contribution < 1.29 is 4.79 Å². The topological polar surface area (TPSA) is 34.9 Å². The molecule has 1 rings (SSSR count). The first-order valence-corrected chi connectivity index (χ1v) is 4.57. The summed E-state index contributed by atoms with van der Waals surface area (Å²) in [5.41, 5.74) is 1.36. The molecule has 0 aliphatic carbocycles. The fourth-order valence-corrected chi connectivity index (χ4v) is 1.33. The lowest BCUT2D eigenvalue weighted by Crippen LogP contribution is -2.16. The van der Waals surface area contributed by atoms with Gasteiger partial charge in [0.25, 0.3) is 0 Å². The number of allylic oxidation sites excluding steroid dienone is 1. The van der Waals surface area contributed by atoms with Gasteiger partial charge in [-0.25, -0.2) is 0 Å². The van der Waals surface area contributed by atoms with Crippen molar-refractivity contribution in [3.05, 3.63) is 30.1 Å². The number of rotatable bonds is 2. The minimum atomic E-state index is -0.116. The molecule has 0 atom stereocenters. The molecular formula is C11H16N2O. The lowest BCUT2D eigenvalue weighted by atomic mass is 9.88. The average molecular weight is 192 g/mol. The van der Waals surface area contributed by atoms with E-state index in [1.807, 2.05) is 27.8 Å². The number of carbonyl (C=O) groups is 1. The van der Waals surface area contributed by atoms with Gasteiger partial charge in [-0.05, 0) is 6.08 Å². The first kappa shape index (κ1) is 10.7. The smallest absolute Gasteiger partial charge is 0.188 e. The molecule has 0 saturated carbocycles. The summed E-state index contributed by atoms with van der Waals surface area (Å²) in [6.45, 7) is 9.59. The van der Waals surface area contributed by atoms with Crippen molar-refractivity contribution in [3.8, 4) is 0 Å². The molecule has 76 valence electrons. The molecule has 0 aromatic carbocycles. The van der Waals surface area contributed by atoms with Gasteiger partial charge in [-0.3, -0.25) is 9.48 Å². The van der Waals surface area contributed by atoms with Gasteiger partial charge in [0.1, 0.15) is 0 Å². The number of carbonyl (C=O) groups excluding carboxylic acids is 1. The van der Waals surface area contributed by atoms with Crippen LogP contribution in [0.1, 0.15) is 36.8 Å². The maximum atomic E-state index is 11.5. The summed E-state index contributed by atoms with van der Waals surface area (Å²) >= 11 is 0. The Hall–Kier alpha value is -1.38. The zero-order valence-corrected chi connectivity index (χ0v) is 9.16. The van der Waals surface area contributed by atoms with E-state index in [-0.39, 0.29) is 11.2 Å². The molecule has 0 aliphatic heterocycles. The number of hydrogen-bond donors (Lipinski definition) is 0. The molecule has 0 radical (unpaired) electrons. The van der Waals surface area contributed by atoms with E-state index in [9.17, 15) is 4.79 Å². The van der Waals surface area contributed by atoms with Gasteiger partial charge in [-0.2, -0.15) is 5.10 Å². The predicted molar refractivity (Wildman–Crippen MR) is 56.4 cm³/mol. The second-order valence-corrected chi connectivity index (χ2v) is 4.38. The number of aryl methyl sites for hydroxylation is 1. The molecule has 0 unspecified atom stereocenters. The molecule has 1 aromatic heterocycles. The summed E-state index contributed by atoms with van der Waals surface area (Å²) in [4.78, 5) is 11.5. The normalized spacial score (nSPS) is 11.4. The maximum Gasteiger partial charge on any atom is 0.188 e. The molecule has 3 heteroatoms. The van der Waals surface area contributed by atoms with Gasteiger partial charge in [0, 0.05) is 18.7 Å². The Balaban J connectivity index is 3.29. The first-order chi connectivity index (χ1) is 6.36. The predicted octanol–water partition coefficient (Wildman–Crippen LogP) is 2.09. The molecule has 0 spiro atoms. The fourth-order valence-electron chi connectivity index (χ4n) is 1.33. The Labute approximate surface area is 84.4 Å². The Morgan fingerprint density at radius 3 is 2.57 bits per heavy atom. The van der Waals surface area contributed by atoms with Crippen molar-refractivity contribution in [3.63, 3.8) is 0 Å². The lowest BCUT2D eigenvalue weighted by molar-refractivity contribution is 0.104. The van der Waals surface area contributed by atoms with E-state index in [4.69, 9.17) is 0 Å². The van der Waals surface area contributed by atoms with E-state index in [0.717, 1.165) is 5.69 Å². The van der Waals surface area contributed by atoms with E-state index in [0.29, 0.717) is 5.56 Å². The van der Waals surface area contributed by atoms with Crippen molar-refractivity contribution in [1.82, 2.24) is 9.78 Å². The third kappa shape index (κ3) is 1.92. The zero-order chi connectivity index (χ0) is 10.9. The van der Waals surface area contributed by atoms with Gasteiger partial charge in [0.05, 0.1) is 11.3 Å². The van der Waals surface area contributed by atoms with Crippen LogP contribution in [-0.2, 0) is 12.5 Å². The third-order valence-corrected chi connectivity index (χ3v) is 1.99. The highest BCUT2D eigenvalue weighted by atomic mass is 16.1. The maximum absolute atomic E-state index is 11.5. The Kier molecular flexibility index (Phi) is 2.60. The second kappa shape index (κ2) is 3.40. The van der Waals surface area contributed by atoms with Crippen LogP contribution in [0.3, 0.4) is 0 Å². The monoisotopic (exact) mass is 192 g/mol. The van der Waals surface area contributed by atoms with Crippen LogP contribution < -0.4 is 0 Å². The highest BCUT2D eigenvalue weighted by Gasteiger charge is 2.24.